The molecule has 0 aliphatic heterocycles. The molecule has 82 valence electrons. The zero-order valence-corrected chi connectivity index (χ0v) is 12.3. The van der Waals surface area contributed by atoms with E-state index in [9.17, 15) is 0 Å². The first-order valence-corrected chi connectivity index (χ1v) is 7.10. The van der Waals surface area contributed by atoms with Crippen molar-refractivity contribution in [2.24, 2.45) is 0 Å². The minimum Gasteiger partial charge on any atom is -0.305 e. The van der Waals surface area contributed by atoms with Gasteiger partial charge in [0.15, 0.2) is 0 Å². The zero-order chi connectivity index (χ0) is 11.1. The highest BCUT2D eigenvalue weighted by Crippen LogP contribution is 2.39. The van der Waals surface area contributed by atoms with Crippen LogP contribution in [0.2, 0.25) is 0 Å². The van der Waals surface area contributed by atoms with Crippen LogP contribution < -0.4 is 0 Å². The molecule has 1 aromatic carbocycles. The van der Waals surface area contributed by atoms with E-state index in [2.05, 4.69) is 72.5 Å². The molecule has 0 radical (unpaired) electrons. The zero-order valence-electron chi connectivity index (χ0n) is 8.53. The first-order chi connectivity index (χ1) is 7.74. The Bertz CT molecular complexity index is 532. The Kier molecular flexibility index (Phi) is 2.79. The second-order valence-electron chi connectivity index (χ2n) is 4.08. The van der Waals surface area contributed by atoms with Gasteiger partial charge >= 0.3 is 0 Å². The summed E-state index contributed by atoms with van der Waals surface area (Å²) in [6.45, 7) is 0. The Morgan fingerprint density at radius 2 is 2.19 bits per heavy atom. The van der Waals surface area contributed by atoms with Gasteiger partial charge in [-0.3, -0.25) is 0 Å². The van der Waals surface area contributed by atoms with E-state index in [1.807, 2.05) is 6.33 Å². The van der Waals surface area contributed by atoms with Gasteiger partial charge in [0, 0.05) is 20.2 Å². The van der Waals surface area contributed by atoms with Gasteiger partial charge < -0.3 is 4.57 Å². The smallest absolute Gasteiger partial charge is 0.0995 e. The molecule has 2 nitrogen and oxygen atoms in total. The van der Waals surface area contributed by atoms with E-state index in [0.717, 1.165) is 4.47 Å². The molecule has 0 bridgehead atoms. The molecule has 3 rings (SSSR count). The van der Waals surface area contributed by atoms with Crippen LogP contribution in [0.4, 0.5) is 0 Å². The van der Waals surface area contributed by atoms with Gasteiger partial charge in [-0.15, -0.1) is 0 Å². The molecule has 0 atom stereocenters. The van der Waals surface area contributed by atoms with Gasteiger partial charge in [-0.25, -0.2) is 4.98 Å². The van der Waals surface area contributed by atoms with Crippen LogP contribution >= 0.6 is 38.5 Å². The number of nitrogens with zero attached hydrogens (tertiary/aromatic N) is 2. The number of hydrogen-bond donors (Lipinski definition) is 0. The third-order valence-corrected chi connectivity index (χ3v) is 4.14. The van der Waals surface area contributed by atoms with E-state index >= 15 is 0 Å². The minimum absolute atomic E-state index is 0.717. The van der Waals surface area contributed by atoms with Crippen molar-refractivity contribution < 1.29 is 0 Å². The molecule has 0 spiro atoms. The van der Waals surface area contributed by atoms with Crippen molar-refractivity contribution in [1.82, 2.24) is 9.55 Å². The van der Waals surface area contributed by atoms with Crippen LogP contribution in [0.15, 0.2) is 35.2 Å². The maximum Gasteiger partial charge on any atom is 0.0995 e. The van der Waals surface area contributed by atoms with Crippen LogP contribution in [0, 0.1) is 3.57 Å². The van der Waals surface area contributed by atoms with Crippen LogP contribution in [0.3, 0.4) is 0 Å². The molecule has 0 N–H and O–H groups in total. The van der Waals surface area contributed by atoms with Gasteiger partial charge in [0.1, 0.15) is 0 Å². The molecule has 1 fully saturated rings. The first-order valence-electron chi connectivity index (χ1n) is 5.23. The molecule has 16 heavy (non-hydrogen) atoms. The highest BCUT2D eigenvalue weighted by Gasteiger charge is 2.25. The summed E-state index contributed by atoms with van der Waals surface area (Å²) in [6, 6.07) is 6.30. The van der Waals surface area contributed by atoms with Crippen LogP contribution in [0.1, 0.15) is 24.5 Å². The fourth-order valence-corrected chi connectivity index (χ4v) is 3.33. The summed E-state index contributed by atoms with van der Waals surface area (Å²) in [5, 5.41) is 0. The van der Waals surface area contributed by atoms with Crippen molar-refractivity contribution in [3.63, 3.8) is 0 Å². The Morgan fingerprint density at radius 1 is 1.38 bits per heavy atom. The minimum atomic E-state index is 0.717. The average molecular weight is 389 g/mol. The van der Waals surface area contributed by atoms with Crippen molar-refractivity contribution >= 4 is 38.5 Å². The van der Waals surface area contributed by atoms with Crippen molar-refractivity contribution in [2.75, 3.05) is 0 Å². The molecule has 1 heterocycles. The summed E-state index contributed by atoms with van der Waals surface area (Å²) in [7, 11) is 0. The molecule has 0 saturated heterocycles. The van der Waals surface area contributed by atoms with E-state index in [0.29, 0.717) is 5.92 Å². The monoisotopic (exact) mass is 388 g/mol. The molecule has 1 aliphatic rings. The molecule has 4 heteroatoms. The summed E-state index contributed by atoms with van der Waals surface area (Å²) >= 11 is 5.83. The normalized spacial score (nSPS) is 15.4. The van der Waals surface area contributed by atoms with Crippen LogP contribution in [-0.4, -0.2) is 9.55 Å². The van der Waals surface area contributed by atoms with E-state index in [1.54, 1.807) is 0 Å². The van der Waals surface area contributed by atoms with Crippen LogP contribution in [0.5, 0.6) is 0 Å². The Hall–Kier alpha value is -0.360. The molecule has 1 saturated carbocycles. The number of imidazole rings is 1. The maximum atomic E-state index is 4.47. The Labute approximate surface area is 116 Å². The number of halogens is 2. The van der Waals surface area contributed by atoms with Crippen molar-refractivity contribution in [2.45, 2.75) is 18.8 Å². The second kappa shape index (κ2) is 4.14. The van der Waals surface area contributed by atoms with E-state index < -0.39 is 0 Å². The standard InChI is InChI=1S/C12H10BrIN2/c13-9-3-4-12(10(14)5-9)16-6-11(15-7-16)8-1-2-8/h3-8H,1-2H2. The third-order valence-electron chi connectivity index (χ3n) is 2.79. The molecule has 0 amide bonds. The fraction of sp³-hybridized carbons (Fsp3) is 0.250. The first kappa shape index (κ1) is 10.8. The predicted molar refractivity (Wildman–Crippen MR) is 76.0 cm³/mol. The summed E-state index contributed by atoms with van der Waals surface area (Å²) in [5.41, 5.74) is 2.43. The summed E-state index contributed by atoms with van der Waals surface area (Å²) in [5.74, 6) is 0.717. The summed E-state index contributed by atoms with van der Waals surface area (Å²) < 4.78 is 4.46. The average Bonchev–Trinajstić information content (AvgIpc) is 2.98. The molecular formula is C12H10BrIN2. The SMILES string of the molecule is Brc1ccc(-n2cnc(C3CC3)c2)c(I)c1. The lowest BCUT2D eigenvalue weighted by molar-refractivity contribution is 1.04. The number of benzene rings is 1. The quantitative estimate of drug-likeness (QED) is 0.707. The number of hydrogen-bond acceptors (Lipinski definition) is 1. The van der Waals surface area contributed by atoms with E-state index in [1.165, 1.54) is 27.8 Å². The maximum absolute atomic E-state index is 4.47. The van der Waals surface area contributed by atoms with E-state index in [4.69, 9.17) is 0 Å². The predicted octanol–water partition coefficient (Wildman–Crippen LogP) is 4.12. The Balaban J connectivity index is 2.00. The highest BCUT2D eigenvalue weighted by molar-refractivity contribution is 14.1. The van der Waals surface area contributed by atoms with Gasteiger partial charge in [0.05, 0.1) is 17.7 Å². The lowest BCUT2D eigenvalue weighted by Gasteiger charge is -2.05. The molecule has 1 aromatic heterocycles. The van der Waals surface area contributed by atoms with Crippen LogP contribution in [0.25, 0.3) is 5.69 Å². The molecule has 2 aromatic rings. The van der Waals surface area contributed by atoms with Gasteiger partial charge in [-0.2, -0.15) is 0 Å². The van der Waals surface area contributed by atoms with Crippen molar-refractivity contribution in [3.05, 3.63) is 44.5 Å². The summed E-state index contributed by atoms with van der Waals surface area (Å²) in [4.78, 5) is 4.47. The number of aromatic nitrogens is 2. The van der Waals surface area contributed by atoms with Crippen molar-refractivity contribution in [3.8, 4) is 5.69 Å². The Morgan fingerprint density at radius 3 is 2.88 bits per heavy atom. The fourth-order valence-electron chi connectivity index (χ4n) is 1.75. The lowest BCUT2D eigenvalue weighted by atomic mass is 10.3. The highest BCUT2D eigenvalue weighted by atomic mass is 127. The topological polar surface area (TPSA) is 17.8 Å². The van der Waals surface area contributed by atoms with Gasteiger partial charge in [-0.05, 0) is 53.6 Å². The van der Waals surface area contributed by atoms with Crippen LogP contribution in [-0.2, 0) is 0 Å². The largest absolute Gasteiger partial charge is 0.305 e. The number of rotatable bonds is 2. The molecular weight excluding hydrogens is 379 g/mol. The molecule has 1 aliphatic carbocycles. The van der Waals surface area contributed by atoms with E-state index in [-0.39, 0.29) is 0 Å². The van der Waals surface area contributed by atoms with Gasteiger partial charge in [-0.1, -0.05) is 15.9 Å². The summed E-state index contributed by atoms with van der Waals surface area (Å²) in [6.07, 6.45) is 6.67. The third kappa shape index (κ3) is 2.05. The molecule has 0 unspecified atom stereocenters. The van der Waals surface area contributed by atoms with Gasteiger partial charge in [0.2, 0.25) is 0 Å². The van der Waals surface area contributed by atoms with Crippen molar-refractivity contribution in [1.29, 1.82) is 0 Å². The van der Waals surface area contributed by atoms with Gasteiger partial charge in [0.25, 0.3) is 0 Å². The second-order valence-corrected chi connectivity index (χ2v) is 6.15. The lowest BCUT2D eigenvalue weighted by Crippen LogP contribution is -1.93.